The van der Waals surface area contributed by atoms with Gasteiger partial charge in [-0.25, -0.2) is 0 Å². The molecular formula is C19H29N3O5. The number of primary amides is 1. The standard InChI is InChI=1S/C19H29N3O5/c1-2-7-15(23)10-6-12-18(26)22-14-19(27)21-13-4-3-8-16(24)9-5-11-17(20)25/h2-4,7H,5-6,8-14H2,1H3,(H2,20,25)(H,21,27)(H,22,26)/b4-3+,7-2?. The van der Waals surface area contributed by atoms with E-state index in [-0.39, 0.29) is 55.7 Å². The summed E-state index contributed by atoms with van der Waals surface area (Å²) in [5, 5.41) is 5.07. The number of allylic oxidation sites excluding steroid dienone is 3. The van der Waals surface area contributed by atoms with Gasteiger partial charge in [-0.2, -0.15) is 0 Å². The van der Waals surface area contributed by atoms with E-state index in [9.17, 15) is 24.0 Å². The predicted octanol–water partition coefficient (Wildman–Crippen LogP) is 0.705. The van der Waals surface area contributed by atoms with Gasteiger partial charge in [0, 0.05) is 38.6 Å². The first-order chi connectivity index (χ1) is 12.8. The van der Waals surface area contributed by atoms with E-state index in [1.165, 1.54) is 6.08 Å². The molecule has 0 aliphatic carbocycles. The van der Waals surface area contributed by atoms with Crippen molar-refractivity contribution in [3.63, 3.8) is 0 Å². The van der Waals surface area contributed by atoms with Crippen LogP contribution >= 0.6 is 0 Å². The quantitative estimate of drug-likeness (QED) is 0.284. The van der Waals surface area contributed by atoms with Crippen LogP contribution in [0.4, 0.5) is 0 Å². The van der Waals surface area contributed by atoms with Crippen LogP contribution in [0, 0.1) is 0 Å². The zero-order chi connectivity index (χ0) is 20.5. The van der Waals surface area contributed by atoms with Gasteiger partial charge in [-0.3, -0.25) is 24.0 Å². The Morgan fingerprint density at radius 1 is 0.852 bits per heavy atom. The van der Waals surface area contributed by atoms with Gasteiger partial charge >= 0.3 is 0 Å². The Labute approximate surface area is 159 Å². The number of hydrogen-bond donors (Lipinski definition) is 3. The molecule has 0 spiro atoms. The molecule has 27 heavy (non-hydrogen) atoms. The van der Waals surface area contributed by atoms with Crippen LogP contribution in [0.3, 0.4) is 0 Å². The fourth-order valence-electron chi connectivity index (χ4n) is 2.05. The monoisotopic (exact) mass is 379 g/mol. The van der Waals surface area contributed by atoms with Crippen molar-refractivity contribution in [2.45, 2.75) is 51.9 Å². The molecule has 0 aromatic carbocycles. The molecule has 0 saturated heterocycles. The lowest BCUT2D eigenvalue weighted by Gasteiger charge is -2.05. The molecular weight excluding hydrogens is 350 g/mol. The molecule has 0 aliphatic rings. The minimum atomic E-state index is -0.421. The number of rotatable bonds is 15. The molecule has 0 bridgehead atoms. The highest BCUT2D eigenvalue weighted by atomic mass is 16.2. The highest BCUT2D eigenvalue weighted by Crippen LogP contribution is 1.99. The molecule has 0 aromatic rings. The summed E-state index contributed by atoms with van der Waals surface area (Å²) in [7, 11) is 0. The summed E-state index contributed by atoms with van der Waals surface area (Å²) in [6.45, 7) is 1.87. The van der Waals surface area contributed by atoms with Gasteiger partial charge in [0.2, 0.25) is 17.7 Å². The Balaban J connectivity index is 3.73. The summed E-state index contributed by atoms with van der Waals surface area (Å²) < 4.78 is 0. The van der Waals surface area contributed by atoms with E-state index >= 15 is 0 Å². The van der Waals surface area contributed by atoms with Gasteiger partial charge in [-0.15, -0.1) is 0 Å². The van der Waals surface area contributed by atoms with Gasteiger partial charge in [0.05, 0.1) is 6.54 Å². The molecule has 0 aromatic heterocycles. The summed E-state index contributed by atoms with van der Waals surface area (Å²) in [4.78, 5) is 56.5. The molecule has 8 heteroatoms. The maximum absolute atomic E-state index is 11.6. The van der Waals surface area contributed by atoms with Crippen molar-refractivity contribution >= 4 is 29.3 Å². The van der Waals surface area contributed by atoms with Crippen LogP contribution in [0.15, 0.2) is 24.3 Å². The number of Topliss-reactive ketones (excluding diaryl/α,β-unsaturated/α-hetero) is 1. The third kappa shape index (κ3) is 16.4. The van der Waals surface area contributed by atoms with E-state index in [2.05, 4.69) is 10.6 Å². The van der Waals surface area contributed by atoms with Crippen LogP contribution < -0.4 is 16.4 Å². The van der Waals surface area contributed by atoms with Crippen LogP contribution in [0.25, 0.3) is 0 Å². The van der Waals surface area contributed by atoms with Crippen molar-refractivity contribution in [2.75, 3.05) is 13.1 Å². The van der Waals surface area contributed by atoms with Crippen molar-refractivity contribution in [1.29, 1.82) is 0 Å². The Morgan fingerprint density at radius 3 is 2.22 bits per heavy atom. The zero-order valence-electron chi connectivity index (χ0n) is 15.8. The molecule has 0 radical (unpaired) electrons. The second kappa shape index (κ2) is 15.5. The minimum Gasteiger partial charge on any atom is -0.370 e. The third-order valence-electron chi connectivity index (χ3n) is 3.43. The van der Waals surface area contributed by atoms with Crippen LogP contribution in [0.2, 0.25) is 0 Å². The van der Waals surface area contributed by atoms with E-state index in [1.807, 2.05) is 0 Å². The summed E-state index contributed by atoms with van der Waals surface area (Å²) in [5.41, 5.74) is 4.99. The second-order valence-corrected chi connectivity index (χ2v) is 5.93. The number of carbonyl (C=O) groups excluding carboxylic acids is 5. The van der Waals surface area contributed by atoms with Gasteiger partial charge in [-0.05, 0) is 25.8 Å². The van der Waals surface area contributed by atoms with E-state index in [1.54, 1.807) is 25.2 Å². The molecule has 0 rings (SSSR count). The van der Waals surface area contributed by atoms with Gasteiger partial charge < -0.3 is 16.4 Å². The molecule has 0 fully saturated rings. The van der Waals surface area contributed by atoms with Crippen molar-refractivity contribution in [1.82, 2.24) is 10.6 Å². The van der Waals surface area contributed by atoms with E-state index in [0.29, 0.717) is 25.7 Å². The molecule has 0 heterocycles. The van der Waals surface area contributed by atoms with Crippen LogP contribution in [-0.2, 0) is 24.0 Å². The summed E-state index contributed by atoms with van der Waals surface area (Å²) >= 11 is 0. The Kier molecular flexibility index (Phi) is 13.9. The maximum Gasteiger partial charge on any atom is 0.239 e. The van der Waals surface area contributed by atoms with Crippen LogP contribution in [0.5, 0.6) is 0 Å². The third-order valence-corrected chi connectivity index (χ3v) is 3.43. The number of hydrogen-bond acceptors (Lipinski definition) is 5. The Bertz CT molecular complexity index is 582. The topological polar surface area (TPSA) is 135 Å². The first-order valence-electron chi connectivity index (χ1n) is 8.99. The molecule has 0 saturated carbocycles. The van der Waals surface area contributed by atoms with Crippen LogP contribution in [-0.4, -0.2) is 42.4 Å². The van der Waals surface area contributed by atoms with Crippen molar-refractivity contribution < 1.29 is 24.0 Å². The first kappa shape index (κ1) is 24.2. The second-order valence-electron chi connectivity index (χ2n) is 5.93. The van der Waals surface area contributed by atoms with Crippen molar-refractivity contribution in [3.8, 4) is 0 Å². The first-order valence-corrected chi connectivity index (χ1v) is 8.99. The highest BCUT2D eigenvalue weighted by molar-refractivity contribution is 5.90. The molecule has 0 aliphatic heterocycles. The average Bonchev–Trinajstić information content (AvgIpc) is 2.59. The molecule has 8 nitrogen and oxygen atoms in total. The van der Waals surface area contributed by atoms with Crippen molar-refractivity contribution in [3.05, 3.63) is 24.3 Å². The van der Waals surface area contributed by atoms with Crippen molar-refractivity contribution in [2.24, 2.45) is 5.73 Å². The molecule has 0 unspecified atom stereocenters. The van der Waals surface area contributed by atoms with Gasteiger partial charge in [0.1, 0.15) is 5.78 Å². The lowest BCUT2D eigenvalue weighted by molar-refractivity contribution is -0.126. The van der Waals surface area contributed by atoms with E-state index in [0.717, 1.165) is 0 Å². The lowest BCUT2D eigenvalue weighted by Crippen LogP contribution is -2.36. The Morgan fingerprint density at radius 2 is 1.56 bits per heavy atom. The zero-order valence-corrected chi connectivity index (χ0v) is 15.8. The number of nitrogens with two attached hydrogens (primary N) is 1. The number of nitrogens with one attached hydrogen (secondary N) is 2. The SMILES string of the molecule is CC=CC(=O)CCCC(=O)NCC(=O)NC/C=C/CC(=O)CCCC(N)=O. The smallest absolute Gasteiger partial charge is 0.239 e. The maximum atomic E-state index is 11.6. The summed E-state index contributed by atoms with van der Waals surface area (Å²) in [6, 6.07) is 0. The molecule has 150 valence electrons. The summed E-state index contributed by atoms with van der Waals surface area (Å²) in [6.07, 6.45) is 8.52. The van der Waals surface area contributed by atoms with Crippen LogP contribution in [0.1, 0.15) is 51.9 Å². The fraction of sp³-hybridized carbons (Fsp3) is 0.526. The van der Waals surface area contributed by atoms with Gasteiger partial charge in [-0.1, -0.05) is 18.2 Å². The normalized spacial score (nSPS) is 10.9. The number of amides is 3. The molecule has 4 N–H and O–H groups in total. The Hall–Kier alpha value is -2.77. The van der Waals surface area contributed by atoms with Gasteiger partial charge in [0.25, 0.3) is 0 Å². The van der Waals surface area contributed by atoms with Gasteiger partial charge in [0.15, 0.2) is 5.78 Å². The average molecular weight is 379 g/mol. The number of carbonyl (C=O) groups is 5. The highest BCUT2D eigenvalue weighted by Gasteiger charge is 2.06. The predicted molar refractivity (Wildman–Crippen MR) is 102 cm³/mol. The minimum absolute atomic E-state index is 0.000927. The fourth-order valence-corrected chi connectivity index (χ4v) is 2.05. The molecule has 0 atom stereocenters. The summed E-state index contributed by atoms with van der Waals surface area (Å²) in [5.74, 6) is -1.07. The van der Waals surface area contributed by atoms with E-state index in [4.69, 9.17) is 5.73 Å². The van der Waals surface area contributed by atoms with E-state index < -0.39 is 5.91 Å². The largest absolute Gasteiger partial charge is 0.370 e. The number of ketones is 2. The molecule has 3 amide bonds. The lowest BCUT2D eigenvalue weighted by atomic mass is 10.1.